The van der Waals surface area contributed by atoms with Gasteiger partial charge in [-0.3, -0.25) is 14.4 Å². The summed E-state index contributed by atoms with van der Waals surface area (Å²) in [6.45, 7) is 5.13. The SMILES string of the molecule is CC(C)CC(NC(=O)c1cc2ccccc2[nH]1)C(=O)NC(CN1CCNC1=O)C(O)C(=O)NCC1CC1. The Morgan fingerprint density at radius 1 is 1.14 bits per heavy atom. The summed E-state index contributed by atoms with van der Waals surface area (Å²) in [5.74, 6) is -1.07. The second-order valence-electron chi connectivity index (χ2n) is 10.4. The summed E-state index contributed by atoms with van der Waals surface area (Å²) in [5, 5.41) is 22.7. The molecule has 3 unspecified atom stereocenters. The smallest absolute Gasteiger partial charge is 0.317 e. The number of fused-ring (bicyclic) bond motifs is 1. The zero-order chi connectivity index (χ0) is 26.5. The van der Waals surface area contributed by atoms with Crippen molar-refractivity contribution in [1.82, 2.24) is 31.2 Å². The van der Waals surface area contributed by atoms with Crippen LogP contribution in [0.15, 0.2) is 30.3 Å². The number of para-hydroxylation sites is 1. The lowest BCUT2D eigenvalue weighted by Gasteiger charge is -2.29. The Balaban J connectivity index is 1.46. The molecule has 1 saturated heterocycles. The number of hydrogen-bond donors (Lipinski definition) is 6. The van der Waals surface area contributed by atoms with Gasteiger partial charge in [0, 0.05) is 37.1 Å². The van der Waals surface area contributed by atoms with E-state index in [2.05, 4.69) is 26.3 Å². The minimum absolute atomic E-state index is 0.0417. The van der Waals surface area contributed by atoms with E-state index in [0.717, 1.165) is 23.7 Å². The predicted molar refractivity (Wildman–Crippen MR) is 138 cm³/mol. The molecule has 2 fully saturated rings. The van der Waals surface area contributed by atoms with E-state index in [4.69, 9.17) is 0 Å². The van der Waals surface area contributed by atoms with Gasteiger partial charge in [0.05, 0.1) is 6.04 Å². The van der Waals surface area contributed by atoms with Crippen LogP contribution in [0.3, 0.4) is 0 Å². The number of rotatable bonds is 12. The van der Waals surface area contributed by atoms with Crippen LogP contribution in [0, 0.1) is 11.8 Å². The molecule has 2 aromatic rings. The molecule has 4 rings (SSSR count). The molecular weight excluding hydrogens is 476 g/mol. The Kier molecular flexibility index (Phi) is 8.32. The van der Waals surface area contributed by atoms with Crippen molar-refractivity contribution >= 4 is 34.7 Å². The van der Waals surface area contributed by atoms with Gasteiger partial charge in [0.15, 0.2) is 6.10 Å². The minimum Gasteiger partial charge on any atom is -0.381 e. The summed E-state index contributed by atoms with van der Waals surface area (Å²) in [7, 11) is 0. The maximum atomic E-state index is 13.4. The number of amides is 5. The highest BCUT2D eigenvalue weighted by molar-refractivity contribution is 6.00. The molecule has 1 aromatic heterocycles. The quantitative estimate of drug-likeness (QED) is 0.247. The first kappa shape index (κ1) is 26.5. The van der Waals surface area contributed by atoms with Crippen LogP contribution in [-0.4, -0.2) is 83.1 Å². The van der Waals surface area contributed by atoms with E-state index in [1.54, 1.807) is 6.07 Å². The number of benzene rings is 1. The first-order valence-corrected chi connectivity index (χ1v) is 12.9. The number of urea groups is 1. The van der Waals surface area contributed by atoms with Gasteiger partial charge in [-0.05, 0) is 43.2 Å². The van der Waals surface area contributed by atoms with Crippen LogP contribution in [-0.2, 0) is 9.59 Å². The lowest BCUT2D eigenvalue weighted by molar-refractivity contribution is -0.133. The standard InChI is InChI=1S/C26H36N6O5/c1-15(2)11-19(30-24(35)20-12-17-5-3-4-6-18(17)29-20)23(34)31-21(14-32-10-9-27-26(32)37)22(33)25(36)28-13-16-7-8-16/h3-6,12,15-16,19,21-22,29,33H,7-11,13-14H2,1-2H3,(H,27,37)(H,28,36)(H,30,35)(H,31,34). The molecule has 37 heavy (non-hydrogen) atoms. The zero-order valence-electron chi connectivity index (χ0n) is 21.3. The summed E-state index contributed by atoms with van der Waals surface area (Å²) < 4.78 is 0. The lowest BCUT2D eigenvalue weighted by atomic mass is 10.0. The highest BCUT2D eigenvalue weighted by atomic mass is 16.3. The molecule has 1 aliphatic carbocycles. The van der Waals surface area contributed by atoms with Crippen LogP contribution >= 0.6 is 0 Å². The molecule has 5 amide bonds. The van der Waals surface area contributed by atoms with Crippen molar-refractivity contribution in [3.63, 3.8) is 0 Å². The first-order valence-electron chi connectivity index (χ1n) is 12.9. The number of aromatic amines is 1. The van der Waals surface area contributed by atoms with Crippen LogP contribution in [0.2, 0.25) is 0 Å². The van der Waals surface area contributed by atoms with Crippen molar-refractivity contribution in [3.8, 4) is 0 Å². The molecule has 2 aliphatic rings. The molecule has 6 N–H and O–H groups in total. The fraction of sp³-hybridized carbons (Fsp3) is 0.538. The summed E-state index contributed by atoms with van der Waals surface area (Å²) in [4.78, 5) is 55.7. The third-order valence-corrected chi connectivity index (χ3v) is 6.71. The summed E-state index contributed by atoms with van der Waals surface area (Å²) in [6.07, 6.45) is 0.869. The van der Waals surface area contributed by atoms with Gasteiger partial charge in [-0.1, -0.05) is 32.0 Å². The predicted octanol–water partition coefficient (Wildman–Crippen LogP) is 0.710. The van der Waals surface area contributed by atoms with Gasteiger partial charge in [0.25, 0.3) is 11.8 Å². The van der Waals surface area contributed by atoms with Gasteiger partial charge in [-0.25, -0.2) is 4.79 Å². The molecule has 0 radical (unpaired) electrons. The monoisotopic (exact) mass is 512 g/mol. The van der Waals surface area contributed by atoms with E-state index >= 15 is 0 Å². The number of aromatic nitrogens is 1. The highest BCUT2D eigenvalue weighted by Crippen LogP contribution is 2.27. The van der Waals surface area contributed by atoms with E-state index < -0.39 is 35.9 Å². The van der Waals surface area contributed by atoms with Crippen molar-refractivity contribution < 1.29 is 24.3 Å². The number of nitrogens with zero attached hydrogens (tertiary/aromatic N) is 1. The summed E-state index contributed by atoms with van der Waals surface area (Å²) in [5.41, 5.74) is 1.13. The molecule has 0 bridgehead atoms. The van der Waals surface area contributed by atoms with E-state index in [-0.39, 0.29) is 18.5 Å². The Morgan fingerprint density at radius 3 is 2.54 bits per heavy atom. The van der Waals surface area contributed by atoms with Gasteiger partial charge >= 0.3 is 6.03 Å². The average Bonchev–Trinajstić information content (AvgIpc) is 3.45. The van der Waals surface area contributed by atoms with E-state index in [1.165, 1.54) is 4.90 Å². The Hall–Kier alpha value is -3.60. The van der Waals surface area contributed by atoms with Crippen molar-refractivity contribution in [2.45, 2.75) is 51.3 Å². The molecular formula is C26H36N6O5. The number of H-pyrrole nitrogens is 1. The van der Waals surface area contributed by atoms with Crippen LogP contribution in [0.25, 0.3) is 10.9 Å². The average molecular weight is 513 g/mol. The largest absolute Gasteiger partial charge is 0.381 e. The lowest BCUT2D eigenvalue weighted by Crippen LogP contribution is -2.59. The molecule has 11 heteroatoms. The zero-order valence-corrected chi connectivity index (χ0v) is 21.3. The van der Waals surface area contributed by atoms with Crippen LogP contribution in [0.5, 0.6) is 0 Å². The number of aliphatic hydroxyl groups is 1. The van der Waals surface area contributed by atoms with Gasteiger partial charge < -0.3 is 36.3 Å². The molecule has 2 heterocycles. The second-order valence-corrected chi connectivity index (χ2v) is 10.4. The summed E-state index contributed by atoms with van der Waals surface area (Å²) in [6, 6.07) is 6.93. The van der Waals surface area contributed by atoms with Crippen molar-refractivity contribution in [3.05, 3.63) is 36.0 Å². The van der Waals surface area contributed by atoms with E-state index in [1.807, 2.05) is 38.1 Å². The highest BCUT2D eigenvalue weighted by Gasteiger charge is 2.35. The number of hydrogen-bond acceptors (Lipinski definition) is 5. The topological polar surface area (TPSA) is 156 Å². The number of nitrogens with one attached hydrogen (secondary N) is 5. The van der Waals surface area contributed by atoms with Gasteiger partial charge in [0.2, 0.25) is 5.91 Å². The van der Waals surface area contributed by atoms with Gasteiger partial charge in [-0.2, -0.15) is 0 Å². The van der Waals surface area contributed by atoms with Crippen LogP contribution < -0.4 is 21.3 Å². The normalized spacial score (nSPS) is 17.8. The second kappa shape index (κ2) is 11.6. The summed E-state index contributed by atoms with van der Waals surface area (Å²) >= 11 is 0. The number of carbonyl (C=O) groups excluding carboxylic acids is 4. The molecule has 200 valence electrons. The van der Waals surface area contributed by atoms with Crippen LogP contribution in [0.1, 0.15) is 43.6 Å². The fourth-order valence-electron chi connectivity index (χ4n) is 4.42. The van der Waals surface area contributed by atoms with Gasteiger partial charge in [-0.15, -0.1) is 0 Å². The Bertz CT molecular complexity index is 1110. The third kappa shape index (κ3) is 7.00. The van der Waals surface area contributed by atoms with Gasteiger partial charge in [0.1, 0.15) is 11.7 Å². The maximum absolute atomic E-state index is 13.4. The Morgan fingerprint density at radius 2 is 1.89 bits per heavy atom. The maximum Gasteiger partial charge on any atom is 0.317 e. The number of aliphatic hydroxyl groups excluding tert-OH is 1. The number of carbonyl (C=O) groups is 4. The molecule has 1 aromatic carbocycles. The van der Waals surface area contributed by atoms with Crippen molar-refractivity contribution in [2.75, 3.05) is 26.2 Å². The molecule has 3 atom stereocenters. The first-order chi connectivity index (χ1) is 17.7. The minimum atomic E-state index is -1.56. The molecule has 0 spiro atoms. The third-order valence-electron chi connectivity index (χ3n) is 6.71. The van der Waals surface area contributed by atoms with Crippen LogP contribution in [0.4, 0.5) is 4.79 Å². The molecule has 1 aliphatic heterocycles. The van der Waals surface area contributed by atoms with E-state index in [0.29, 0.717) is 37.7 Å². The van der Waals surface area contributed by atoms with E-state index in [9.17, 15) is 24.3 Å². The van der Waals surface area contributed by atoms with Crippen molar-refractivity contribution in [1.29, 1.82) is 0 Å². The molecule has 11 nitrogen and oxygen atoms in total. The Labute approximate surface area is 215 Å². The van der Waals surface area contributed by atoms with Crippen molar-refractivity contribution in [2.24, 2.45) is 11.8 Å². The fourth-order valence-corrected chi connectivity index (χ4v) is 4.42. The molecule has 1 saturated carbocycles.